The monoisotopic (exact) mass is 201 g/mol. The van der Waals surface area contributed by atoms with Crippen LogP contribution < -0.4 is 4.65 Å². The Bertz CT molecular complexity index is 133. The SMILES string of the molecule is C#CC.C[Si](C)(C)N[Si](C)(C)C. The molecule has 12 heavy (non-hydrogen) atoms. The van der Waals surface area contributed by atoms with E-state index in [-0.39, 0.29) is 0 Å². The number of terminal acetylenes is 1. The molecular weight excluding hydrogens is 178 g/mol. The van der Waals surface area contributed by atoms with Crippen LogP contribution in [-0.2, 0) is 0 Å². The number of nitrogens with one attached hydrogen (secondary N) is 1. The van der Waals surface area contributed by atoms with Crippen molar-refractivity contribution in [1.29, 1.82) is 0 Å². The molecule has 0 rings (SSSR count). The van der Waals surface area contributed by atoms with Gasteiger partial charge < -0.3 is 4.65 Å². The van der Waals surface area contributed by atoms with E-state index in [2.05, 4.69) is 56.3 Å². The number of hydrogen-bond donors (Lipinski definition) is 1. The lowest BCUT2D eigenvalue weighted by atomic mass is 10.9. The van der Waals surface area contributed by atoms with Gasteiger partial charge in [-0.2, -0.15) is 0 Å². The van der Waals surface area contributed by atoms with Gasteiger partial charge in [0.15, 0.2) is 0 Å². The molecule has 0 bridgehead atoms. The van der Waals surface area contributed by atoms with Crippen LogP contribution >= 0.6 is 0 Å². The fourth-order valence-electron chi connectivity index (χ4n) is 1.12. The van der Waals surface area contributed by atoms with Crippen molar-refractivity contribution in [3.05, 3.63) is 0 Å². The molecule has 0 amide bonds. The van der Waals surface area contributed by atoms with Crippen LogP contribution in [0.15, 0.2) is 0 Å². The van der Waals surface area contributed by atoms with Crippen molar-refractivity contribution in [3.8, 4) is 12.3 Å². The predicted octanol–water partition coefficient (Wildman–Crippen LogP) is 2.89. The van der Waals surface area contributed by atoms with Gasteiger partial charge in [-0.1, -0.05) is 39.3 Å². The molecule has 0 heterocycles. The van der Waals surface area contributed by atoms with Crippen molar-refractivity contribution in [2.24, 2.45) is 0 Å². The minimum absolute atomic E-state index is 0.981. The first kappa shape index (κ1) is 14.5. The second-order valence-corrected chi connectivity index (χ2v) is 14.9. The summed E-state index contributed by atoms with van der Waals surface area (Å²) in [6.45, 7) is 15.8. The molecule has 3 heteroatoms. The smallest absolute Gasteiger partial charge is 0.109 e. The van der Waals surface area contributed by atoms with Crippen molar-refractivity contribution in [1.82, 2.24) is 4.65 Å². The molecule has 0 saturated heterocycles. The van der Waals surface area contributed by atoms with Crippen molar-refractivity contribution in [2.75, 3.05) is 0 Å². The fraction of sp³-hybridized carbons (Fsp3) is 0.778. The molecule has 0 aromatic rings. The maximum absolute atomic E-state index is 4.60. The molecule has 1 nitrogen and oxygen atoms in total. The summed E-state index contributed by atoms with van der Waals surface area (Å²) < 4.78 is 3.74. The first-order valence-corrected chi connectivity index (χ1v) is 11.3. The third kappa shape index (κ3) is 22.5. The summed E-state index contributed by atoms with van der Waals surface area (Å²) in [5.41, 5.74) is 0. The lowest BCUT2D eigenvalue weighted by molar-refractivity contribution is 1.30. The molecule has 0 aliphatic heterocycles. The second kappa shape index (κ2) is 5.57. The topological polar surface area (TPSA) is 12.0 Å². The van der Waals surface area contributed by atoms with E-state index in [1.807, 2.05) is 0 Å². The maximum atomic E-state index is 4.60. The molecule has 0 saturated carbocycles. The van der Waals surface area contributed by atoms with E-state index in [0.717, 1.165) is 0 Å². The van der Waals surface area contributed by atoms with Crippen molar-refractivity contribution in [2.45, 2.75) is 46.2 Å². The van der Waals surface area contributed by atoms with E-state index in [0.29, 0.717) is 0 Å². The zero-order valence-electron chi connectivity index (χ0n) is 9.58. The van der Waals surface area contributed by atoms with Gasteiger partial charge in [-0.3, -0.25) is 0 Å². The van der Waals surface area contributed by atoms with Crippen LogP contribution in [0.3, 0.4) is 0 Å². The Balaban J connectivity index is 0. The van der Waals surface area contributed by atoms with Crippen LogP contribution in [0.5, 0.6) is 0 Å². The van der Waals surface area contributed by atoms with Crippen LogP contribution in [0.25, 0.3) is 0 Å². The molecule has 0 aliphatic rings. The van der Waals surface area contributed by atoms with Crippen LogP contribution in [0.1, 0.15) is 6.92 Å². The fourth-order valence-corrected chi connectivity index (χ4v) is 10.1. The summed E-state index contributed by atoms with van der Waals surface area (Å²) in [6, 6.07) is 0. The van der Waals surface area contributed by atoms with Crippen molar-refractivity contribution < 1.29 is 0 Å². The third-order valence-corrected chi connectivity index (χ3v) is 6.75. The Labute approximate surface area is 80.1 Å². The quantitative estimate of drug-likeness (QED) is 0.535. The standard InChI is InChI=1S/C6H19NSi2.C3H4/c1-8(2,3)7-9(4,5)6;1-3-2/h7H,1-6H3;1H,2H3. The summed E-state index contributed by atoms with van der Waals surface area (Å²) in [4.78, 5) is 0. The Morgan fingerprint density at radius 3 is 1.08 bits per heavy atom. The molecule has 1 N–H and O–H groups in total. The summed E-state index contributed by atoms with van der Waals surface area (Å²) in [7, 11) is -1.96. The normalized spacial score (nSPS) is 11.2. The van der Waals surface area contributed by atoms with E-state index in [4.69, 9.17) is 0 Å². The van der Waals surface area contributed by atoms with Gasteiger partial charge in [0.05, 0.1) is 0 Å². The van der Waals surface area contributed by atoms with Gasteiger partial charge in [-0.15, -0.1) is 12.3 Å². The first-order valence-electron chi connectivity index (χ1n) is 4.29. The Morgan fingerprint density at radius 2 is 1.08 bits per heavy atom. The van der Waals surface area contributed by atoms with Gasteiger partial charge in [0.2, 0.25) is 0 Å². The van der Waals surface area contributed by atoms with Gasteiger partial charge in [0, 0.05) is 0 Å². The van der Waals surface area contributed by atoms with Crippen LogP contribution in [-0.4, -0.2) is 16.5 Å². The molecular formula is C9H23NSi2. The van der Waals surface area contributed by atoms with E-state index >= 15 is 0 Å². The minimum atomic E-state index is -0.981. The zero-order valence-corrected chi connectivity index (χ0v) is 11.6. The van der Waals surface area contributed by atoms with Crippen LogP contribution in [0, 0.1) is 12.3 Å². The second-order valence-electron chi connectivity index (χ2n) is 4.91. The zero-order chi connectivity index (χ0) is 10.4. The van der Waals surface area contributed by atoms with E-state index in [1.54, 1.807) is 6.92 Å². The average Bonchev–Trinajstić information content (AvgIpc) is 1.53. The van der Waals surface area contributed by atoms with Crippen LogP contribution in [0.4, 0.5) is 0 Å². The van der Waals surface area contributed by atoms with E-state index in [9.17, 15) is 0 Å². The van der Waals surface area contributed by atoms with Gasteiger partial charge in [0.1, 0.15) is 16.5 Å². The van der Waals surface area contributed by atoms with Gasteiger partial charge in [0.25, 0.3) is 0 Å². The van der Waals surface area contributed by atoms with Crippen LogP contribution in [0.2, 0.25) is 39.3 Å². The molecule has 0 spiro atoms. The van der Waals surface area contributed by atoms with Gasteiger partial charge >= 0.3 is 0 Å². The highest BCUT2D eigenvalue weighted by Gasteiger charge is 2.22. The summed E-state index contributed by atoms with van der Waals surface area (Å²) in [6.07, 6.45) is 4.60. The Kier molecular flexibility index (Phi) is 6.72. The minimum Gasteiger partial charge on any atom is -0.360 e. The highest BCUT2D eigenvalue weighted by Crippen LogP contribution is 2.02. The summed E-state index contributed by atoms with van der Waals surface area (Å²) >= 11 is 0. The van der Waals surface area contributed by atoms with Crippen molar-refractivity contribution >= 4 is 16.5 Å². The van der Waals surface area contributed by atoms with E-state index < -0.39 is 16.5 Å². The molecule has 0 fully saturated rings. The highest BCUT2D eigenvalue weighted by atomic mass is 28.4. The largest absolute Gasteiger partial charge is 0.360 e. The molecule has 0 aromatic heterocycles. The van der Waals surface area contributed by atoms with Crippen molar-refractivity contribution in [3.63, 3.8) is 0 Å². The average molecular weight is 201 g/mol. The van der Waals surface area contributed by atoms with Gasteiger partial charge in [-0.05, 0) is 6.92 Å². The maximum Gasteiger partial charge on any atom is 0.109 e. The van der Waals surface area contributed by atoms with E-state index in [1.165, 1.54) is 0 Å². The molecule has 0 unspecified atom stereocenters. The summed E-state index contributed by atoms with van der Waals surface area (Å²) in [5, 5.41) is 0. The Hall–Kier alpha value is -0.0462. The number of hydrogen-bond acceptors (Lipinski definition) is 1. The first-order chi connectivity index (χ1) is 5.12. The molecule has 0 atom stereocenters. The Morgan fingerprint density at radius 1 is 0.917 bits per heavy atom. The summed E-state index contributed by atoms with van der Waals surface area (Å²) in [5.74, 6) is 2.25. The molecule has 0 aliphatic carbocycles. The predicted molar refractivity (Wildman–Crippen MR) is 64.3 cm³/mol. The lowest BCUT2D eigenvalue weighted by Gasteiger charge is -2.28. The molecule has 0 radical (unpaired) electrons. The number of rotatable bonds is 2. The highest BCUT2D eigenvalue weighted by molar-refractivity contribution is 6.90. The molecule has 72 valence electrons. The third-order valence-electron chi connectivity index (χ3n) is 0.750. The van der Waals surface area contributed by atoms with Gasteiger partial charge in [-0.25, -0.2) is 0 Å². The lowest BCUT2D eigenvalue weighted by Crippen LogP contribution is -2.55. The molecule has 0 aromatic carbocycles.